The molecule has 0 atom stereocenters. The molecule has 0 saturated heterocycles. The van der Waals surface area contributed by atoms with Crippen molar-refractivity contribution in [3.63, 3.8) is 0 Å². The molecule has 0 aliphatic heterocycles. The molecule has 20 heavy (non-hydrogen) atoms. The summed E-state index contributed by atoms with van der Waals surface area (Å²) in [5, 5.41) is 11.4. The van der Waals surface area contributed by atoms with Gasteiger partial charge in [0.2, 0.25) is 0 Å². The van der Waals surface area contributed by atoms with Gasteiger partial charge in [-0.3, -0.25) is 4.79 Å². The van der Waals surface area contributed by atoms with E-state index in [0.29, 0.717) is 15.7 Å². The number of anilines is 2. The minimum Gasteiger partial charge on any atom is -0.398 e. The molecular weight excluding hydrogens is 325 g/mol. The third-order valence-corrected chi connectivity index (χ3v) is 3.35. The van der Waals surface area contributed by atoms with Gasteiger partial charge in [0.05, 0.1) is 5.69 Å². The van der Waals surface area contributed by atoms with Crippen molar-refractivity contribution in [1.82, 2.24) is 0 Å². The van der Waals surface area contributed by atoms with E-state index in [-0.39, 0.29) is 11.3 Å². The second kappa shape index (κ2) is 5.72. The largest absolute Gasteiger partial charge is 0.398 e. The number of carbonyl (C=O) groups is 1. The van der Waals surface area contributed by atoms with Crippen molar-refractivity contribution >= 4 is 33.2 Å². The average Bonchev–Trinajstić information content (AvgIpc) is 2.42. The van der Waals surface area contributed by atoms with Crippen LogP contribution in [-0.4, -0.2) is 5.91 Å². The topological polar surface area (TPSA) is 78.9 Å². The number of carbonyl (C=O) groups excluding carboxylic acids is 1. The number of benzene rings is 2. The smallest absolute Gasteiger partial charge is 0.255 e. The molecule has 0 aliphatic rings. The molecule has 3 N–H and O–H groups in total. The lowest BCUT2D eigenvalue weighted by atomic mass is 10.1. The molecule has 0 radical (unpaired) electrons. The summed E-state index contributed by atoms with van der Waals surface area (Å²) in [6.45, 7) is 0. The predicted molar refractivity (Wildman–Crippen MR) is 77.6 cm³/mol. The van der Waals surface area contributed by atoms with E-state index in [1.807, 2.05) is 0 Å². The Balaban J connectivity index is 2.31. The average molecular weight is 334 g/mol. The molecule has 6 heteroatoms. The molecule has 2 aromatic rings. The molecule has 0 spiro atoms. The van der Waals surface area contributed by atoms with Crippen molar-refractivity contribution in [2.45, 2.75) is 0 Å². The minimum atomic E-state index is -0.680. The van der Waals surface area contributed by atoms with Gasteiger partial charge in [0.15, 0.2) is 0 Å². The van der Waals surface area contributed by atoms with E-state index in [1.165, 1.54) is 18.2 Å². The maximum Gasteiger partial charge on any atom is 0.255 e. The summed E-state index contributed by atoms with van der Waals surface area (Å²) in [5.41, 5.74) is 6.35. The third-order valence-electron chi connectivity index (χ3n) is 2.63. The van der Waals surface area contributed by atoms with Gasteiger partial charge in [-0.25, -0.2) is 4.39 Å². The van der Waals surface area contributed by atoms with Crippen LogP contribution in [0.4, 0.5) is 15.8 Å². The van der Waals surface area contributed by atoms with E-state index in [0.717, 1.165) is 6.07 Å². The number of nitrogens with two attached hydrogens (primary N) is 1. The van der Waals surface area contributed by atoms with Crippen LogP contribution in [0.25, 0.3) is 0 Å². The molecule has 0 fully saturated rings. The Kier molecular flexibility index (Phi) is 4.01. The Morgan fingerprint density at radius 2 is 2.10 bits per heavy atom. The van der Waals surface area contributed by atoms with Crippen molar-refractivity contribution in [2.75, 3.05) is 11.1 Å². The fraction of sp³-hybridized carbons (Fsp3) is 0. The van der Waals surface area contributed by atoms with E-state index in [4.69, 9.17) is 11.0 Å². The summed E-state index contributed by atoms with van der Waals surface area (Å²) in [6.07, 6.45) is 0. The van der Waals surface area contributed by atoms with Crippen LogP contribution >= 0.6 is 15.9 Å². The number of nitrogen functional groups attached to an aromatic ring is 1. The number of rotatable bonds is 2. The molecule has 0 aromatic heterocycles. The number of nitrogens with zero attached hydrogens (tertiary/aromatic N) is 1. The first kappa shape index (κ1) is 14.0. The lowest BCUT2D eigenvalue weighted by Gasteiger charge is -2.08. The summed E-state index contributed by atoms with van der Waals surface area (Å²) < 4.78 is 14.1. The fourth-order valence-electron chi connectivity index (χ4n) is 1.62. The standard InChI is InChI=1S/C14H9BrFN3O/c15-10-5-4-8(6-12(10)18)14(20)19-13-3-1-2-11(16)9(13)7-17/h1-6H,18H2,(H,19,20). The highest BCUT2D eigenvalue weighted by atomic mass is 79.9. The van der Waals surface area contributed by atoms with Crippen LogP contribution in [0, 0.1) is 17.1 Å². The number of hydrogen-bond donors (Lipinski definition) is 2. The first-order valence-corrected chi connectivity index (χ1v) is 6.37. The van der Waals surface area contributed by atoms with Crippen molar-refractivity contribution in [2.24, 2.45) is 0 Å². The van der Waals surface area contributed by atoms with Crippen molar-refractivity contribution in [1.29, 1.82) is 5.26 Å². The predicted octanol–water partition coefficient (Wildman–Crippen LogP) is 3.29. The maximum atomic E-state index is 13.4. The van der Waals surface area contributed by atoms with Crippen LogP contribution in [0.3, 0.4) is 0 Å². The summed E-state index contributed by atoms with van der Waals surface area (Å²) in [4.78, 5) is 12.0. The van der Waals surface area contributed by atoms with Crippen LogP contribution in [0.15, 0.2) is 40.9 Å². The lowest BCUT2D eigenvalue weighted by molar-refractivity contribution is 0.102. The van der Waals surface area contributed by atoms with E-state index >= 15 is 0 Å². The monoisotopic (exact) mass is 333 g/mol. The van der Waals surface area contributed by atoms with Crippen molar-refractivity contribution in [3.8, 4) is 6.07 Å². The Hall–Kier alpha value is -2.39. The van der Waals surface area contributed by atoms with Gasteiger partial charge >= 0.3 is 0 Å². The molecule has 0 bridgehead atoms. The third kappa shape index (κ3) is 2.78. The maximum absolute atomic E-state index is 13.4. The molecule has 2 rings (SSSR count). The quantitative estimate of drug-likeness (QED) is 0.827. The first-order chi connectivity index (χ1) is 9.52. The molecule has 0 aliphatic carbocycles. The van der Waals surface area contributed by atoms with Gasteiger partial charge in [-0.2, -0.15) is 5.26 Å². The molecule has 0 saturated carbocycles. The number of nitrogens with one attached hydrogen (secondary N) is 1. The number of hydrogen-bond acceptors (Lipinski definition) is 3. The van der Waals surface area contributed by atoms with Crippen molar-refractivity contribution in [3.05, 3.63) is 57.8 Å². The number of nitriles is 1. The van der Waals surface area contributed by atoms with Gasteiger partial charge in [0, 0.05) is 15.7 Å². The van der Waals surface area contributed by atoms with Crippen LogP contribution in [0.2, 0.25) is 0 Å². The normalized spacial score (nSPS) is 9.85. The summed E-state index contributed by atoms with van der Waals surface area (Å²) in [6, 6.07) is 10.5. The fourth-order valence-corrected chi connectivity index (χ4v) is 1.87. The molecule has 4 nitrogen and oxygen atoms in total. The zero-order valence-electron chi connectivity index (χ0n) is 10.2. The second-order valence-electron chi connectivity index (χ2n) is 3.96. The minimum absolute atomic E-state index is 0.124. The summed E-state index contributed by atoms with van der Waals surface area (Å²) in [5.74, 6) is -1.15. The lowest BCUT2D eigenvalue weighted by Crippen LogP contribution is -2.13. The van der Waals surface area contributed by atoms with Crippen LogP contribution in [0.1, 0.15) is 15.9 Å². The zero-order valence-corrected chi connectivity index (χ0v) is 11.7. The molecule has 2 aromatic carbocycles. The highest BCUT2D eigenvalue weighted by Gasteiger charge is 2.12. The van der Waals surface area contributed by atoms with Crippen molar-refractivity contribution < 1.29 is 9.18 Å². The van der Waals surface area contributed by atoms with Crippen LogP contribution < -0.4 is 11.1 Å². The van der Waals surface area contributed by atoms with Gasteiger partial charge < -0.3 is 11.1 Å². The van der Waals surface area contributed by atoms with E-state index in [9.17, 15) is 9.18 Å². The van der Waals surface area contributed by atoms with Gasteiger partial charge in [-0.15, -0.1) is 0 Å². The highest BCUT2D eigenvalue weighted by Crippen LogP contribution is 2.22. The van der Waals surface area contributed by atoms with Gasteiger partial charge in [-0.05, 0) is 46.3 Å². The zero-order chi connectivity index (χ0) is 14.7. The molecule has 0 heterocycles. The Labute approximate surface area is 123 Å². The second-order valence-corrected chi connectivity index (χ2v) is 4.82. The van der Waals surface area contributed by atoms with Crippen LogP contribution in [0.5, 0.6) is 0 Å². The van der Waals surface area contributed by atoms with E-state index < -0.39 is 11.7 Å². The highest BCUT2D eigenvalue weighted by molar-refractivity contribution is 9.10. The number of amides is 1. The molecule has 100 valence electrons. The SMILES string of the molecule is N#Cc1c(F)cccc1NC(=O)c1ccc(Br)c(N)c1. The molecule has 1 amide bonds. The Morgan fingerprint density at radius 3 is 2.75 bits per heavy atom. The van der Waals surface area contributed by atoms with Gasteiger partial charge in [0.25, 0.3) is 5.91 Å². The van der Waals surface area contributed by atoms with E-state index in [2.05, 4.69) is 21.2 Å². The van der Waals surface area contributed by atoms with Gasteiger partial charge in [-0.1, -0.05) is 6.07 Å². The number of halogens is 2. The molecule has 0 unspecified atom stereocenters. The molecular formula is C14H9BrFN3O. The Bertz CT molecular complexity index is 725. The summed E-state index contributed by atoms with van der Waals surface area (Å²) in [7, 11) is 0. The van der Waals surface area contributed by atoms with Crippen LogP contribution in [-0.2, 0) is 0 Å². The van der Waals surface area contributed by atoms with E-state index in [1.54, 1.807) is 18.2 Å². The summed E-state index contributed by atoms with van der Waals surface area (Å²) >= 11 is 3.23. The van der Waals surface area contributed by atoms with Gasteiger partial charge in [0.1, 0.15) is 17.4 Å². The Morgan fingerprint density at radius 1 is 1.35 bits per heavy atom. The first-order valence-electron chi connectivity index (χ1n) is 5.58.